The number of allylic oxidation sites excluding steroid dienone is 2. The van der Waals surface area contributed by atoms with Crippen molar-refractivity contribution in [1.29, 1.82) is 0 Å². The fourth-order valence-electron chi connectivity index (χ4n) is 3.70. The second kappa shape index (κ2) is 5.62. The van der Waals surface area contributed by atoms with Crippen molar-refractivity contribution in [2.75, 3.05) is 0 Å². The largest absolute Gasteiger partial charge is 0.322 e. The number of rotatable bonds is 0. The van der Waals surface area contributed by atoms with Crippen LogP contribution in [0.2, 0.25) is 0 Å². The Hall–Kier alpha value is 0.792. The predicted octanol–water partition coefficient (Wildman–Crippen LogP) is 4.81. The third kappa shape index (κ3) is 2.62. The van der Waals surface area contributed by atoms with Crippen LogP contribution in [0.4, 0.5) is 0 Å². The zero-order chi connectivity index (χ0) is 10.1. The molecule has 3 aliphatic carbocycles. The van der Waals surface area contributed by atoms with Crippen LogP contribution < -0.4 is 0 Å². The van der Waals surface area contributed by atoms with Crippen molar-refractivity contribution in [3.05, 3.63) is 17.6 Å². The Morgan fingerprint density at radius 3 is 2.12 bits per heavy atom. The molecule has 0 aromatic rings. The van der Waals surface area contributed by atoms with E-state index in [1.807, 2.05) is 11.1 Å². The van der Waals surface area contributed by atoms with Crippen LogP contribution in [0.5, 0.6) is 0 Å². The molecule has 0 aliphatic heterocycles. The van der Waals surface area contributed by atoms with E-state index in [-0.39, 0.29) is 31.1 Å². The molecular formula is C15H23U-. The van der Waals surface area contributed by atoms with Gasteiger partial charge in [0.15, 0.2) is 0 Å². The van der Waals surface area contributed by atoms with E-state index < -0.39 is 0 Å². The standard InChI is InChI=1S/C15H23.U/c1-2-6-10-15(11-12-15)14(9-3-1)13-7-4-5-8-13;/h11H,1-10,12H2;/q-1;. The normalized spacial score (nSPS) is 34.5. The van der Waals surface area contributed by atoms with Crippen molar-refractivity contribution in [3.63, 3.8) is 0 Å². The van der Waals surface area contributed by atoms with Crippen LogP contribution in [0, 0.1) is 42.9 Å². The summed E-state index contributed by atoms with van der Waals surface area (Å²) in [4.78, 5) is 0. The van der Waals surface area contributed by atoms with Gasteiger partial charge < -0.3 is 6.42 Å². The molecule has 1 unspecified atom stereocenters. The van der Waals surface area contributed by atoms with Gasteiger partial charge >= 0.3 is 0 Å². The molecule has 1 spiro atoms. The summed E-state index contributed by atoms with van der Waals surface area (Å²) in [5.41, 5.74) is 4.44. The maximum absolute atomic E-state index is 2.61. The molecule has 1 atom stereocenters. The molecule has 0 saturated heterocycles. The van der Waals surface area contributed by atoms with Crippen LogP contribution in [-0.4, -0.2) is 0 Å². The Morgan fingerprint density at radius 1 is 0.812 bits per heavy atom. The van der Waals surface area contributed by atoms with E-state index in [1.54, 1.807) is 0 Å². The summed E-state index contributed by atoms with van der Waals surface area (Å²) in [5.74, 6) is 0. The Balaban J connectivity index is 0.000000963. The van der Waals surface area contributed by atoms with Crippen molar-refractivity contribution in [2.45, 2.75) is 70.6 Å². The molecule has 0 heterocycles. The van der Waals surface area contributed by atoms with E-state index in [2.05, 4.69) is 6.42 Å². The van der Waals surface area contributed by atoms with Gasteiger partial charge in [-0.1, -0.05) is 36.8 Å². The maximum atomic E-state index is 2.61. The van der Waals surface area contributed by atoms with Crippen LogP contribution in [0.15, 0.2) is 11.1 Å². The fourth-order valence-corrected chi connectivity index (χ4v) is 3.70. The summed E-state index contributed by atoms with van der Waals surface area (Å²) in [6.45, 7) is 0. The molecule has 1 heteroatoms. The summed E-state index contributed by atoms with van der Waals surface area (Å²) >= 11 is 0. The summed E-state index contributed by atoms with van der Waals surface area (Å²) in [6.07, 6.45) is 18.6. The van der Waals surface area contributed by atoms with Gasteiger partial charge in [-0.15, -0.1) is 0 Å². The minimum atomic E-state index is 0. The molecule has 0 aromatic heterocycles. The van der Waals surface area contributed by atoms with Crippen LogP contribution in [0.25, 0.3) is 0 Å². The summed E-state index contributed by atoms with van der Waals surface area (Å²) < 4.78 is 0. The van der Waals surface area contributed by atoms with E-state index >= 15 is 0 Å². The first-order chi connectivity index (χ1) is 7.41. The third-order valence-electron chi connectivity index (χ3n) is 4.73. The molecule has 0 N–H and O–H groups in total. The molecule has 3 saturated carbocycles. The smallest absolute Gasteiger partial charge is 0 e. The van der Waals surface area contributed by atoms with Crippen molar-refractivity contribution in [3.8, 4) is 0 Å². The van der Waals surface area contributed by atoms with E-state index in [9.17, 15) is 0 Å². The number of hydrogen-bond donors (Lipinski definition) is 0. The predicted molar refractivity (Wildman–Crippen MR) is 64.5 cm³/mol. The van der Waals surface area contributed by atoms with Gasteiger partial charge in [-0.3, -0.25) is 0 Å². The molecule has 3 fully saturated rings. The average Bonchev–Trinajstić information content (AvgIpc) is 2.81. The molecule has 0 amide bonds. The van der Waals surface area contributed by atoms with Crippen molar-refractivity contribution < 1.29 is 31.1 Å². The maximum Gasteiger partial charge on any atom is 0 e. The van der Waals surface area contributed by atoms with Gasteiger partial charge in [0.05, 0.1) is 0 Å². The van der Waals surface area contributed by atoms with Crippen LogP contribution in [0.1, 0.15) is 70.6 Å². The first kappa shape index (κ1) is 13.2. The quantitative estimate of drug-likeness (QED) is 0.374. The van der Waals surface area contributed by atoms with Gasteiger partial charge in [0.1, 0.15) is 0 Å². The van der Waals surface area contributed by atoms with Gasteiger partial charge in [-0.05, 0) is 38.5 Å². The minimum Gasteiger partial charge on any atom is -0.322 e. The van der Waals surface area contributed by atoms with Gasteiger partial charge in [-0.2, -0.15) is 11.8 Å². The van der Waals surface area contributed by atoms with E-state index in [1.165, 1.54) is 70.6 Å². The third-order valence-corrected chi connectivity index (χ3v) is 4.73. The Bertz CT molecular complexity index is 265. The van der Waals surface area contributed by atoms with Gasteiger partial charge in [-0.25, -0.2) is 0 Å². The van der Waals surface area contributed by atoms with Crippen LogP contribution >= 0.6 is 0 Å². The van der Waals surface area contributed by atoms with E-state index in [0.717, 1.165) is 0 Å². The van der Waals surface area contributed by atoms with E-state index in [0.29, 0.717) is 5.41 Å². The molecule has 88 valence electrons. The topological polar surface area (TPSA) is 0 Å². The molecule has 0 bridgehead atoms. The van der Waals surface area contributed by atoms with Crippen molar-refractivity contribution >= 4 is 0 Å². The monoisotopic (exact) mass is 441 g/mol. The Kier molecular flexibility index (Phi) is 4.65. The van der Waals surface area contributed by atoms with Crippen molar-refractivity contribution in [2.24, 2.45) is 5.41 Å². The molecule has 0 radical (unpaired) electrons. The summed E-state index contributed by atoms with van der Waals surface area (Å²) in [5, 5.41) is 0. The minimum absolute atomic E-state index is 0. The first-order valence-electron chi connectivity index (χ1n) is 6.96. The fraction of sp³-hybridized carbons (Fsp3) is 0.800. The Morgan fingerprint density at radius 2 is 1.44 bits per heavy atom. The Labute approximate surface area is 124 Å². The zero-order valence-electron chi connectivity index (χ0n) is 10.4. The second-order valence-electron chi connectivity index (χ2n) is 5.77. The van der Waals surface area contributed by atoms with Crippen LogP contribution in [0.3, 0.4) is 0 Å². The molecule has 3 aliphatic rings. The molecule has 0 aromatic carbocycles. The summed E-state index contributed by atoms with van der Waals surface area (Å²) in [6, 6.07) is 0. The number of hydrogen-bond acceptors (Lipinski definition) is 0. The molecule has 0 nitrogen and oxygen atoms in total. The zero-order valence-corrected chi connectivity index (χ0v) is 14.5. The first-order valence-corrected chi connectivity index (χ1v) is 6.96. The molecular weight excluding hydrogens is 418 g/mol. The average molecular weight is 441 g/mol. The van der Waals surface area contributed by atoms with Gasteiger partial charge in [0, 0.05) is 31.1 Å². The molecule has 16 heavy (non-hydrogen) atoms. The van der Waals surface area contributed by atoms with Gasteiger partial charge in [0.25, 0.3) is 0 Å². The van der Waals surface area contributed by atoms with Crippen molar-refractivity contribution in [1.82, 2.24) is 0 Å². The molecule has 3 rings (SSSR count). The SMILES string of the molecule is [CH-]1CC12CCCCCCC2=C1CCCC1.[U]. The van der Waals surface area contributed by atoms with E-state index in [4.69, 9.17) is 0 Å². The summed E-state index contributed by atoms with van der Waals surface area (Å²) in [7, 11) is 0. The van der Waals surface area contributed by atoms with Gasteiger partial charge in [0.2, 0.25) is 0 Å². The second-order valence-corrected chi connectivity index (χ2v) is 5.77. The van der Waals surface area contributed by atoms with Crippen LogP contribution in [-0.2, 0) is 0 Å².